The normalized spacial score (nSPS) is 35.2. The smallest absolute Gasteiger partial charge is 0.191 e. The van der Waals surface area contributed by atoms with E-state index in [-0.39, 0.29) is 17.3 Å². The van der Waals surface area contributed by atoms with Gasteiger partial charge in [-0.15, -0.1) is 0 Å². The summed E-state index contributed by atoms with van der Waals surface area (Å²) in [5.41, 5.74) is 0.0516. The number of rotatable bonds is 5. The van der Waals surface area contributed by atoms with Crippen molar-refractivity contribution in [2.24, 2.45) is 10.9 Å². The van der Waals surface area contributed by atoms with Crippen LogP contribution < -0.4 is 10.6 Å². The van der Waals surface area contributed by atoms with Crippen LogP contribution in [-0.2, 0) is 14.6 Å². The summed E-state index contributed by atoms with van der Waals surface area (Å²) in [6, 6.07) is 0.378. The molecule has 8 heteroatoms. The van der Waals surface area contributed by atoms with Crippen LogP contribution in [0.3, 0.4) is 0 Å². The highest BCUT2D eigenvalue weighted by molar-refractivity contribution is 7.99. The van der Waals surface area contributed by atoms with Crippen LogP contribution >= 0.6 is 11.8 Å². The molecule has 0 aromatic rings. The third kappa shape index (κ3) is 5.50. The fourth-order valence-corrected chi connectivity index (χ4v) is 7.07. The van der Waals surface area contributed by atoms with Gasteiger partial charge in [-0.25, -0.2) is 8.42 Å². The molecule has 6 nitrogen and oxygen atoms in total. The molecule has 3 fully saturated rings. The summed E-state index contributed by atoms with van der Waals surface area (Å²) in [5, 5.41) is 6.97. The molecule has 144 valence electrons. The van der Waals surface area contributed by atoms with Crippen molar-refractivity contribution < 1.29 is 13.2 Å². The number of nitrogens with one attached hydrogen (secondary N) is 2. The fourth-order valence-electron chi connectivity index (χ4n) is 3.84. The average Bonchev–Trinajstić information content (AvgIpc) is 3.16. The van der Waals surface area contributed by atoms with Gasteiger partial charge in [0.05, 0.1) is 17.1 Å². The number of thioether (sulfide) groups is 1. The SMILES string of the molecule is CCCNC(=NCC1CCS(=O)(=O)C1)NC1CCOC2(CCSC2)C1. The van der Waals surface area contributed by atoms with E-state index in [1.807, 2.05) is 11.8 Å². The lowest BCUT2D eigenvalue weighted by molar-refractivity contribution is -0.0679. The van der Waals surface area contributed by atoms with Crippen molar-refractivity contribution in [3.05, 3.63) is 0 Å². The zero-order valence-corrected chi connectivity index (χ0v) is 16.8. The minimum Gasteiger partial charge on any atom is -0.374 e. The van der Waals surface area contributed by atoms with Gasteiger partial charge in [0.1, 0.15) is 0 Å². The second-order valence-electron chi connectivity index (χ2n) is 7.55. The number of hydrogen-bond donors (Lipinski definition) is 2. The maximum atomic E-state index is 11.6. The molecule has 3 unspecified atom stereocenters. The molecule has 1 spiro atoms. The van der Waals surface area contributed by atoms with Gasteiger partial charge < -0.3 is 15.4 Å². The van der Waals surface area contributed by atoms with E-state index in [0.717, 1.165) is 57.0 Å². The summed E-state index contributed by atoms with van der Waals surface area (Å²) in [7, 11) is -2.83. The molecule has 3 saturated heterocycles. The van der Waals surface area contributed by atoms with E-state index < -0.39 is 9.84 Å². The van der Waals surface area contributed by atoms with Crippen molar-refractivity contribution >= 4 is 27.6 Å². The second kappa shape index (κ2) is 8.48. The summed E-state index contributed by atoms with van der Waals surface area (Å²) >= 11 is 1.99. The van der Waals surface area contributed by atoms with Gasteiger partial charge in [0.25, 0.3) is 0 Å². The first-order chi connectivity index (χ1) is 12.0. The molecule has 3 aliphatic rings. The van der Waals surface area contributed by atoms with E-state index in [1.165, 1.54) is 5.75 Å². The van der Waals surface area contributed by atoms with E-state index >= 15 is 0 Å². The van der Waals surface area contributed by atoms with Crippen LogP contribution in [0.4, 0.5) is 0 Å². The third-order valence-electron chi connectivity index (χ3n) is 5.28. The van der Waals surface area contributed by atoms with Gasteiger partial charge in [-0.05, 0) is 43.8 Å². The minimum atomic E-state index is -2.83. The van der Waals surface area contributed by atoms with E-state index in [0.29, 0.717) is 18.3 Å². The van der Waals surface area contributed by atoms with Crippen molar-refractivity contribution in [2.75, 3.05) is 42.7 Å². The van der Waals surface area contributed by atoms with Gasteiger partial charge in [0.2, 0.25) is 0 Å². The zero-order valence-electron chi connectivity index (χ0n) is 15.1. The molecule has 0 aromatic carbocycles. The second-order valence-corrected chi connectivity index (χ2v) is 10.9. The van der Waals surface area contributed by atoms with Gasteiger partial charge in [-0.3, -0.25) is 4.99 Å². The fraction of sp³-hybridized carbons (Fsp3) is 0.941. The molecule has 3 heterocycles. The molecule has 3 aliphatic heterocycles. The Bertz CT molecular complexity index is 574. The van der Waals surface area contributed by atoms with Crippen molar-refractivity contribution in [1.29, 1.82) is 0 Å². The highest BCUT2D eigenvalue weighted by Gasteiger charge is 2.40. The number of guanidine groups is 1. The van der Waals surface area contributed by atoms with Gasteiger partial charge in [-0.1, -0.05) is 6.92 Å². The Labute approximate surface area is 155 Å². The monoisotopic (exact) mass is 389 g/mol. The zero-order chi connectivity index (χ0) is 17.8. The third-order valence-corrected chi connectivity index (χ3v) is 8.34. The quantitative estimate of drug-likeness (QED) is 0.547. The lowest BCUT2D eigenvalue weighted by atomic mass is 9.90. The topological polar surface area (TPSA) is 79.8 Å². The van der Waals surface area contributed by atoms with Crippen molar-refractivity contribution in [3.63, 3.8) is 0 Å². The van der Waals surface area contributed by atoms with Gasteiger partial charge in [0.15, 0.2) is 15.8 Å². The number of aliphatic imine (C=N–C) groups is 1. The lowest BCUT2D eigenvalue weighted by Crippen LogP contribution is -2.51. The molecule has 3 atom stereocenters. The van der Waals surface area contributed by atoms with Gasteiger partial charge in [-0.2, -0.15) is 11.8 Å². The van der Waals surface area contributed by atoms with Crippen LogP contribution in [0.2, 0.25) is 0 Å². The largest absolute Gasteiger partial charge is 0.374 e. The number of nitrogens with zero attached hydrogens (tertiary/aromatic N) is 1. The van der Waals surface area contributed by atoms with Crippen molar-refractivity contribution in [2.45, 2.75) is 50.7 Å². The van der Waals surface area contributed by atoms with E-state index in [4.69, 9.17) is 9.73 Å². The Morgan fingerprint density at radius 2 is 2.28 bits per heavy atom. The highest BCUT2D eigenvalue weighted by Crippen LogP contribution is 2.38. The Morgan fingerprint density at radius 1 is 1.40 bits per heavy atom. The number of ether oxygens (including phenoxy) is 1. The standard InChI is InChI=1S/C17H31N3O3S2/c1-2-6-18-16(19-11-14-4-9-25(21,22)12-14)20-15-3-7-23-17(10-15)5-8-24-13-17/h14-15H,2-13H2,1H3,(H2,18,19,20). The van der Waals surface area contributed by atoms with Crippen LogP contribution in [-0.4, -0.2) is 68.7 Å². The molecule has 0 saturated carbocycles. The molecular weight excluding hydrogens is 358 g/mol. The first-order valence-electron chi connectivity index (χ1n) is 9.47. The van der Waals surface area contributed by atoms with E-state index in [2.05, 4.69) is 17.6 Å². The van der Waals surface area contributed by atoms with Gasteiger partial charge >= 0.3 is 0 Å². The Morgan fingerprint density at radius 3 is 2.96 bits per heavy atom. The van der Waals surface area contributed by atoms with Crippen LogP contribution in [0.5, 0.6) is 0 Å². The molecule has 0 amide bonds. The predicted molar refractivity (Wildman–Crippen MR) is 104 cm³/mol. The van der Waals surface area contributed by atoms with Crippen molar-refractivity contribution in [3.8, 4) is 0 Å². The Kier molecular flexibility index (Phi) is 6.55. The molecule has 0 aliphatic carbocycles. The molecular formula is C17H31N3O3S2. The maximum absolute atomic E-state index is 11.6. The Balaban J connectivity index is 1.57. The van der Waals surface area contributed by atoms with Crippen molar-refractivity contribution in [1.82, 2.24) is 10.6 Å². The van der Waals surface area contributed by atoms with E-state index in [9.17, 15) is 8.42 Å². The summed E-state index contributed by atoms with van der Waals surface area (Å²) in [5.74, 6) is 3.89. The van der Waals surface area contributed by atoms with Crippen LogP contribution in [0, 0.1) is 5.92 Å². The van der Waals surface area contributed by atoms with Crippen LogP contribution in [0.1, 0.15) is 39.0 Å². The highest BCUT2D eigenvalue weighted by atomic mass is 32.2. The molecule has 2 N–H and O–H groups in total. The van der Waals surface area contributed by atoms with Gasteiger partial charge in [0, 0.05) is 31.5 Å². The molecule has 0 bridgehead atoms. The molecule has 25 heavy (non-hydrogen) atoms. The summed E-state index contributed by atoms with van der Waals surface area (Å²) < 4.78 is 29.3. The maximum Gasteiger partial charge on any atom is 0.191 e. The van der Waals surface area contributed by atoms with Crippen LogP contribution in [0.25, 0.3) is 0 Å². The summed E-state index contributed by atoms with van der Waals surface area (Å²) in [6.45, 7) is 4.40. The first kappa shape index (κ1) is 19.3. The summed E-state index contributed by atoms with van der Waals surface area (Å²) in [4.78, 5) is 4.70. The minimum absolute atomic E-state index is 0.0516. The first-order valence-corrected chi connectivity index (χ1v) is 12.4. The molecule has 0 radical (unpaired) electrons. The number of sulfone groups is 1. The molecule has 3 rings (SSSR count). The predicted octanol–water partition coefficient (Wildman–Crippen LogP) is 1.42. The Hall–Kier alpha value is -0.470. The average molecular weight is 390 g/mol. The lowest BCUT2D eigenvalue weighted by Gasteiger charge is -2.38. The number of hydrogen-bond acceptors (Lipinski definition) is 5. The summed E-state index contributed by atoms with van der Waals surface area (Å²) in [6.07, 6.45) is 4.95. The van der Waals surface area contributed by atoms with Crippen LogP contribution in [0.15, 0.2) is 4.99 Å². The molecule has 0 aromatic heterocycles. The van der Waals surface area contributed by atoms with E-state index in [1.54, 1.807) is 0 Å².